The first-order valence-corrected chi connectivity index (χ1v) is 15.1. The molecule has 2 aromatic heterocycles. The van der Waals surface area contributed by atoms with Crippen molar-refractivity contribution in [1.29, 1.82) is 5.26 Å². The minimum absolute atomic E-state index is 0.255. The molecule has 2 aliphatic rings. The number of rotatable bonds is 10. The molecule has 1 saturated carbocycles. The van der Waals surface area contributed by atoms with Crippen LogP contribution in [0.3, 0.4) is 0 Å². The summed E-state index contributed by atoms with van der Waals surface area (Å²) in [5, 5.41) is 24.2. The van der Waals surface area contributed by atoms with Crippen molar-refractivity contribution >= 4 is 11.6 Å². The van der Waals surface area contributed by atoms with Crippen LogP contribution in [0.4, 0.5) is 11.6 Å². The maximum Gasteiger partial charge on any atom is 0.227 e. The van der Waals surface area contributed by atoms with E-state index >= 15 is 0 Å². The van der Waals surface area contributed by atoms with Crippen molar-refractivity contribution in [3.8, 4) is 28.7 Å². The van der Waals surface area contributed by atoms with Crippen LogP contribution in [0, 0.1) is 11.3 Å². The Kier molecular flexibility index (Phi) is 9.24. The van der Waals surface area contributed by atoms with E-state index in [1.165, 1.54) is 37.6 Å². The zero-order valence-corrected chi connectivity index (χ0v) is 25.1. The Labute approximate surface area is 257 Å². The van der Waals surface area contributed by atoms with E-state index in [2.05, 4.69) is 53.9 Å². The summed E-state index contributed by atoms with van der Waals surface area (Å²) in [7, 11) is 1.67. The Hall–Kier alpha value is -4.60. The molecule has 2 fully saturated rings. The molecule has 1 saturated heterocycles. The molecule has 1 atom stereocenters. The van der Waals surface area contributed by atoms with Gasteiger partial charge in [-0.15, -0.1) is 5.10 Å². The number of methoxy groups -OCH3 is 1. The second kappa shape index (κ2) is 13.8. The van der Waals surface area contributed by atoms with Gasteiger partial charge < -0.3 is 19.5 Å². The number of aromatic nitrogens is 6. The maximum atomic E-state index is 9.62. The standard InChI is InChI=1S/C32H37N9O3/c1-22(20-41-21-36-38-39-41)44-31-16-25(3-4-26(31)17-33)27-18-34-32(35-19-27)37-29-15-24(7-10-30(29)42-2)23-5-8-28(9-6-23)40-11-13-43-14-12-40/h3-4,7,10,15-16,18-19,21-23,28H,5-6,8-9,11-14,20H2,1-2H3,(H,34,35,37)/t22-,23?,28?/m0/s1. The van der Waals surface area contributed by atoms with Gasteiger partial charge in [-0.05, 0) is 84.3 Å². The van der Waals surface area contributed by atoms with Crippen molar-refractivity contribution in [1.82, 2.24) is 35.1 Å². The molecule has 2 aromatic carbocycles. The number of nitriles is 1. The lowest BCUT2D eigenvalue weighted by atomic mass is 9.81. The monoisotopic (exact) mass is 595 g/mol. The Bertz CT molecular complexity index is 1560. The average Bonchev–Trinajstić information content (AvgIpc) is 3.58. The zero-order chi connectivity index (χ0) is 30.3. The lowest BCUT2D eigenvalue weighted by Crippen LogP contribution is -2.44. The molecule has 44 heavy (non-hydrogen) atoms. The largest absolute Gasteiger partial charge is 0.495 e. The Balaban J connectivity index is 1.12. The molecule has 228 valence electrons. The minimum atomic E-state index is -0.255. The molecule has 3 heterocycles. The van der Waals surface area contributed by atoms with Crippen molar-refractivity contribution in [3.05, 3.63) is 66.2 Å². The van der Waals surface area contributed by atoms with E-state index in [9.17, 15) is 5.26 Å². The quantitative estimate of drug-likeness (QED) is 0.276. The van der Waals surface area contributed by atoms with Crippen LogP contribution in [0.25, 0.3) is 11.1 Å². The lowest BCUT2D eigenvalue weighted by Gasteiger charge is -2.39. The summed E-state index contributed by atoms with van der Waals surface area (Å²) in [4.78, 5) is 11.8. The first-order valence-electron chi connectivity index (χ1n) is 15.1. The third kappa shape index (κ3) is 6.96. The van der Waals surface area contributed by atoms with Crippen LogP contribution in [0.1, 0.15) is 49.7 Å². The fourth-order valence-corrected chi connectivity index (χ4v) is 6.13. The van der Waals surface area contributed by atoms with E-state index in [0.717, 1.165) is 48.9 Å². The SMILES string of the molecule is COc1ccc(C2CCC(N3CCOCC3)CC2)cc1Nc1ncc(-c2ccc(C#N)c(O[C@@H](C)Cn3cnnn3)c2)cn1. The Morgan fingerprint density at radius 2 is 1.82 bits per heavy atom. The normalized spacial score (nSPS) is 19.6. The molecule has 0 bridgehead atoms. The van der Waals surface area contributed by atoms with Crippen molar-refractivity contribution in [3.63, 3.8) is 0 Å². The van der Waals surface area contributed by atoms with Gasteiger partial charge in [0.15, 0.2) is 0 Å². The fourth-order valence-electron chi connectivity index (χ4n) is 6.13. The van der Waals surface area contributed by atoms with Gasteiger partial charge in [0.05, 0.1) is 38.1 Å². The highest BCUT2D eigenvalue weighted by Crippen LogP contribution is 2.38. The number of ether oxygens (including phenoxy) is 3. The Morgan fingerprint density at radius 1 is 1.02 bits per heavy atom. The molecular formula is C32H37N9O3. The third-order valence-corrected chi connectivity index (χ3v) is 8.45. The second-order valence-electron chi connectivity index (χ2n) is 11.3. The van der Waals surface area contributed by atoms with Crippen LogP contribution >= 0.6 is 0 Å². The molecule has 0 unspecified atom stereocenters. The maximum absolute atomic E-state index is 9.62. The van der Waals surface area contributed by atoms with E-state index in [1.54, 1.807) is 30.3 Å². The lowest BCUT2D eigenvalue weighted by molar-refractivity contribution is 0.00730. The molecule has 1 N–H and O–H groups in total. The molecule has 12 heteroatoms. The topological polar surface area (TPSA) is 136 Å². The molecule has 1 aliphatic carbocycles. The first kappa shape index (κ1) is 29.5. The van der Waals surface area contributed by atoms with Gasteiger partial charge in [0.2, 0.25) is 5.95 Å². The number of nitrogens with zero attached hydrogens (tertiary/aromatic N) is 8. The van der Waals surface area contributed by atoms with E-state index in [4.69, 9.17) is 14.2 Å². The predicted molar refractivity (Wildman–Crippen MR) is 164 cm³/mol. The van der Waals surface area contributed by atoms with E-state index in [0.29, 0.717) is 35.8 Å². The number of anilines is 2. The van der Waals surface area contributed by atoms with Crippen LogP contribution in [-0.4, -0.2) is 80.6 Å². The van der Waals surface area contributed by atoms with Crippen LogP contribution < -0.4 is 14.8 Å². The third-order valence-electron chi connectivity index (χ3n) is 8.45. The highest BCUT2D eigenvalue weighted by molar-refractivity contribution is 5.68. The van der Waals surface area contributed by atoms with Crippen molar-refractivity contribution in [2.45, 2.75) is 57.2 Å². The van der Waals surface area contributed by atoms with Gasteiger partial charge in [-0.3, -0.25) is 4.90 Å². The van der Waals surface area contributed by atoms with Crippen LogP contribution in [-0.2, 0) is 11.3 Å². The zero-order valence-electron chi connectivity index (χ0n) is 25.1. The van der Waals surface area contributed by atoms with Crippen LogP contribution in [0.2, 0.25) is 0 Å². The van der Waals surface area contributed by atoms with Gasteiger partial charge >= 0.3 is 0 Å². The minimum Gasteiger partial charge on any atom is -0.495 e. The second-order valence-corrected chi connectivity index (χ2v) is 11.3. The summed E-state index contributed by atoms with van der Waals surface area (Å²) < 4.78 is 18.9. The van der Waals surface area contributed by atoms with Gasteiger partial charge in [0.1, 0.15) is 30.0 Å². The molecule has 4 aromatic rings. The van der Waals surface area contributed by atoms with Gasteiger partial charge in [-0.2, -0.15) is 5.26 Å². The molecule has 1 aliphatic heterocycles. The van der Waals surface area contributed by atoms with Crippen LogP contribution in [0.15, 0.2) is 55.1 Å². The molecule has 0 amide bonds. The summed E-state index contributed by atoms with van der Waals surface area (Å²) >= 11 is 0. The van der Waals surface area contributed by atoms with E-state index in [-0.39, 0.29) is 6.10 Å². The summed E-state index contributed by atoms with van der Waals surface area (Å²) in [6, 6.07) is 14.7. The molecular weight excluding hydrogens is 558 g/mol. The van der Waals surface area contributed by atoms with Crippen LogP contribution in [0.5, 0.6) is 11.5 Å². The molecule has 6 rings (SSSR count). The fraction of sp³-hybridized carbons (Fsp3) is 0.438. The summed E-state index contributed by atoms with van der Waals surface area (Å²) in [5.41, 5.74) is 4.24. The average molecular weight is 596 g/mol. The summed E-state index contributed by atoms with van der Waals surface area (Å²) in [6.07, 6.45) is 9.56. The first-order chi connectivity index (χ1) is 21.6. The highest BCUT2D eigenvalue weighted by atomic mass is 16.5. The van der Waals surface area contributed by atoms with Gasteiger partial charge in [-0.25, -0.2) is 14.6 Å². The predicted octanol–water partition coefficient (Wildman–Crippen LogP) is 4.58. The van der Waals surface area contributed by atoms with E-state index < -0.39 is 0 Å². The number of morpholine rings is 1. The van der Waals surface area contributed by atoms with Gasteiger partial charge in [0, 0.05) is 37.1 Å². The van der Waals surface area contributed by atoms with Gasteiger partial charge in [-0.1, -0.05) is 12.1 Å². The number of tetrazole rings is 1. The highest BCUT2D eigenvalue weighted by Gasteiger charge is 2.28. The molecule has 0 spiro atoms. The molecule has 0 radical (unpaired) electrons. The smallest absolute Gasteiger partial charge is 0.227 e. The number of hydrogen-bond donors (Lipinski definition) is 1. The van der Waals surface area contributed by atoms with Crippen molar-refractivity contribution in [2.24, 2.45) is 0 Å². The number of hydrogen-bond acceptors (Lipinski definition) is 11. The van der Waals surface area contributed by atoms with Crippen molar-refractivity contribution in [2.75, 3.05) is 38.7 Å². The molecule has 12 nitrogen and oxygen atoms in total. The Morgan fingerprint density at radius 3 is 2.52 bits per heavy atom. The number of benzene rings is 2. The van der Waals surface area contributed by atoms with Gasteiger partial charge in [0.25, 0.3) is 0 Å². The van der Waals surface area contributed by atoms with Crippen molar-refractivity contribution < 1.29 is 14.2 Å². The number of nitrogens with one attached hydrogen (secondary N) is 1. The summed E-state index contributed by atoms with van der Waals surface area (Å²) in [6.45, 7) is 6.15. The van der Waals surface area contributed by atoms with E-state index in [1.807, 2.05) is 25.1 Å². The summed E-state index contributed by atoms with van der Waals surface area (Å²) in [5.74, 6) is 2.22.